The van der Waals surface area contributed by atoms with Crippen LogP contribution < -0.4 is 9.47 Å². The molecule has 2 heterocycles. The van der Waals surface area contributed by atoms with Crippen LogP contribution in [0.15, 0.2) is 78.9 Å². The van der Waals surface area contributed by atoms with Gasteiger partial charge in [0.25, 0.3) is 5.91 Å². The van der Waals surface area contributed by atoms with E-state index in [1.54, 1.807) is 18.9 Å². The monoisotopic (exact) mass is 454 g/mol. The summed E-state index contributed by atoms with van der Waals surface area (Å²) in [6.45, 7) is 0.651. The van der Waals surface area contributed by atoms with Crippen molar-refractivity contribution in [1.29, 1.82) is 0 Å². The Balaban J connectivity index is 1.51. The molecule has 0 bridgehead atoms. The fourth-order valence-electron chi connectivity index (χ4n) is 4.47. The highest BCUT2D eigenvalue weighted by atomic mass is 16.5. The molecule has 1 aliphatic rings. The second kappa shape index (κ2) is 9.39. The average Bonchev–Trinajstić information content (AvgIpc) is 3.57. The van der Waals surface area contributed by atoms with Crippen LogP contribution in [-0.4, -0.2) is 46.3 Å². The maximum absolute atomic E-state index is 13.7. The van der Waals surface area contributed by atoms with E-state index in [4.69, 9.17) is 14.5 Å². The van der Waals surface area contributed by atoms with Crippen molar-refractivity contribution in [1.82, 2.24) is 19.7 Å². The predicted molar refractivity (Wildman–Crippen MR) is 129 cm³/mol. The highest BCUT2D eigenvalue weighted by Gasteiger charge is 2.33. The lowest BCUT2D eigenvalue weighted by Crippen LogP contribution is -2.31. The van der Waals surface area contributed by atoms with Gasteiger partial charge in [-0.2, -0.15) is 0 Å². The number of carbonyl (C=O) groups is 1. The number of hydrogen-bond acceptors (Lipinski definition) is 5. The maximum atomic E-state index is 13.7. The van der Waals surface area contributed by atoms with Crippen LogP contribution in [-0.2, 0) is 0 Å². The average molecular weight is 455 g/mol. The summed E-state index contributed by atoms with van der Waals surface area (Å²) in [5.74, 6) is 1.96. The Morgan fingerprint density at radius 3 is 2.32 bits per heavy atom. The summed E-state index contributed by atoms with van der Waals surface area (Å²) in [7, 11) is 3.23. The molecule has 1 saturated heterocycles. The molecular weight excluding hydrogens is 428 g/mol. The maximum Gasteiger partial charge on any atom is 0.294 e. The lowest BCUT2D eigenvalue weighted by molar-refractivity contribution is 0.0723. The highest BCUT2D eigenvalue weighted by Crippen LogP contribution is 2.37. The van der Waals surface area contributed by atoms with Crippen molar-refractivity contribution in [3.8, 4) is 28.6 Å². The van der Waals surface area contributed by atoms with Gasteiger partial charge in [-0.05, 0) is 42.7 Å². The van der Waals surface area contributed by atoms with Crippen LogP contribution >= 0.6 is 0 Å². The third-order valence-corrected chi connectivity index (χ3v) is 6.14. The van der Waals surface area contributed by atoms with E-state index in [0.29, 0.717) is 23.9 Å². The molecule has 0 radical (unpaired) electrons. The normalized spacial score (nSPS) is 15.4. The van der Waals surface area contributed by atoms with E-state index in [1.165, 1.54) is 0 Å². The SMILES string of the molecule is COc1ccc([C@@H]2CCCN2C(=O)c2nc(-c3ccccc3)n(-c3ccccc3)n2)cc1OC. The van der Waals surface area contributed by atoms with Gasteiger partial charge < -0.3 is 14.4 Å². The molecule has 5 rings (SSSR count). The van der Waals surface area contributed by atoms with Crippen molar-refractivity contribution in [2.24, 2.45) is 0 Å². The number of amides is 1. The quantitative estimate of drug-likeness (QED) is 0.413. The first-order chi connectivity index (χ1) is 16.7. The molecule has 7 heteroatoms. The Bertz CT molecular complexity index is 1230. The Labute approximate surface area is 198 Å². The second-order valence-electron chi connectivity index (χ2n) is 8.14. The minimum Gasteiger partial charge on any atom is -0.493 e. The number of likely N-dealkylation sites (tertiary alicyclic amines) is 1. The van der Waals surface area contributed by atoms with Gasteiger partial charge in [0.1, 0.15) is 0 Å². The molecule has 0 aliphatic carbocycles. The first-order valence-corrected chi connectivity index (χ1v) is 11.3. The molecule has 4 aromatic rings. The molecular formula is C27H26N4O3. The zero-order valence-corrected chi connectivity index (χ0v) is 19.2. The van der Waals surface area contributed by atoms with Crippen LogP contribution in [0.3, 0.4) is 0 Å². The summed E-state index contributed by atoms with van der Waals surface area (Å²) in [6.07, 6.45) is 1.78. The lowest BCUT2D eigenvalue weighted by atomic mass is 10.0. The molecule has 0 saturated carbocycles. The Morgan fingerprint density at radius 1 is 0.912 bits per heavy atom. The standard InChI is InChI=1S/C27H26N4O3/c1-33-23-16-15-20(18-24(23)34-2)22-14-9-17-30(22)27(32)25-28-26(19-10-5-3-6-11-19)31(29-25)21-12-7-4-8-13-21/h3-8,10-13,15-16,18,22H,9,14,17H2,1-2H3/t22-/m0/s1. The van der Waals surface area contributed by atoms with E-state index < -0.39 is 0 Å². The van der Waals surface area contributed by atoms with Gasteiger partial charge in [-0.1, -0.05) is 54.6 Å². The zero-order valence-electron chi connectivity index (χ0n) is 19.2. The molecule has 3 aromatic carbocycles. The Morgan fingerprint density at radius 2 is 1.62 bits per heavy atom. The van der Waals surface area contributed by atoms with Crippen molar-refractivity contribution in [2.75, 3.05) is 20.8 Å². The van der Waals surface area contributed by atoms with Gasteiger partial charge in [0.05, 0.1) is 25.9 Å². The summed E-state index contributed by atoms with van der Waals surface area (Å²) >= 11 is 0. The Kier molecular flexibility index (Phi) is 5.99. The minimum absolute atomic E-state index is 0.0730. The minimum atomic E-state index is -0.177. The van der Waals surface area contributed by atoms with Crippen molar-refractivity contribution in [2.45, 2.75) is 18.9 Å². The van der Waals surface area contributed by atoms with E-state index in [0.717, 1.165) is 29.7 Å². The topological polar surface area (TPSA) is 69.5 Å². The molecule has 7 nitrogen and oxygen atoms in total. The molecule has 0 N–H and O–H groups in total. The molecule has 172 valence electrons. The molecule has 1 aliphatic heterocycles. The number of carbonyl (C=O) groups excluding carboxylic acids is 1. The summed E-state index contributed by atoms with van der Waals surface area (Å²) in [5, 5.41) is 4.66. The van der Waals surface area contributed by atoms with E-state index in [9.17, 15) is 4.79 Å². The number of aromatic nitrogens is 3. The third kappa shape index (κ3) is 4.01. The molecule has 1 fully saturated rings. The van der Waals surface area contributed by atoms with E-state index in [1.807, 2.05) is 83.8 Å². The summed E-state index contributed by atoms with van der Waals surface area (Å²) in [5.41, 5.74) is 2.76. The fraction of sp³-hybridized carbons (Fsp3) is 0.222. The van der Waals surface area contributed by atoms with Crippen molar-refractivity contribution < 1.29 is 14.3 Å². The number of ether oxygens (including phenoxy) is 2. The van der Waals surface area contributed by atoms with E-state index in [2.05, 4.69) is 5.10 Å². The van der Waals surface area contributed by atoms with E-state index >= 15 is 0 Å². The van der Waals surface area contributed by atoms with Crippen LogP contribution in [0, 0.1) is 0 Å². The van der Waals surface area contributed by atoms with Crippen LogP contribution in [0.2, 0.25) is 0 Å². The molecule has 1 amide bonds. The smallest absolute Gasteiger partial charge is 0.294 e. The highest BCUT2D eigenvalue weighted by molar-refractivity contribution is 5.91. The second-order valence-corrected chi connectivity index (χ2v) is 8.14. The molecule has 34 heavy (non-hydrogen) atoms. The Hall–Kier alpha value is -4.13. The van der Waals surface area contributed by atoms with Crippen molar-refractivity contribution >= 4 is 5.91 Å². The van der Waals surface area contributed by atoms with Gasteiger partial charge in [-0.15, -0.1) is 5.10 Å². The van der Waals surface area contributed by atoms with Gasteiger partial charge >= 0.3 is 0 Å². The van der Waals surface area contributed by atoms with Crippen LogP contribution in [0.1, 0.15) is 35.1 Å². The van der Waals surface area contributed by atoms with Gasteiger partial charge in [0, 0.05) is 12.1 Å². The summed E-state index contributed by atoms with van der Waals surface area (Å²) in [6, 6.07) is 25.3. The van der Waals surface area contributed by atoms with Gasteiger partial charge in [0.15, 0.2) is 17.3 Å². The van der Waals surface area contributed by atoms with Crippen molar-refractivity contribution in [3.63, 3.8) is 0 Å². The van der Waals surface area contributed by atoms with E-state index in [-0.39, 0.29) is 17.8 Å². The number of nitrogens with zero attached hydrogens (tertiary/aromatic N) is 4. The summed E-state index contributed by atoms with van der Waals surface area (Å²) < 4.78 is 12.6. The number of methoxy groups -OCH3 is 2. The number of rotatable bonds is 6. The van der Waals surface area contributed by atoms with Crippen LogP contribution in [0.5, 0.6) is 11.5 Å². The fourth-order valence-corrected chi connectivity index (χ4v) is 4.47. The zero-order chi connectivity index (χ0) is 23.5. The van der Waals surface area contributed by atoms with Crippen LogP contribution in [0.25, 0.3) is 17.1 Å². The largest absolute Gasteiger partial charge is 0.493 e. The summed E-state index contributed by atoms with van der Waals surface area (Å²) in [4.78, 5) is 20.2. The number of hydrogen-bond donors (Lipinski definition) is 0. The predicted octanol–water partition coefficient (Wildman–Crippen LogP) is 4.93. The number of benzene rings is 3. The first-order valence-electron chi connectivity index (χ1n) is 11.3. The lowest BCUT2D eigenvalue weighted by Gasteiger charge is -2.24. The molecule has 0 unspecified atom stereocenters. The first kappa shape index (κ1) is 21.7. The van der Waals surface area contributed by atoms with Gasteiger partial charge in [0.2, 0.25) is 5.82 Å². The molecule has 0 spiro atoms. The van der Waals surface area contributed by atoms with Gasteiger partial charge in [-0.3, -0.25) is 4.79 Å². The molecule has 1 atom stereocenters. The van der Waals surface area contributed by atoms with Crippen molar-refractivity contribution in [3.05, 3.63) is 90.3 Å². The van der Waals surface area contributed by atoms with Crippen LogP contribution in [0.4, 0.5) is 0 Å². The third-order valence-electron chi connectivity index (χ3n) is 6.14. The molecule has 1 aromatic heterocycles. The van der Waals surface area contributed by atoms with Gasteiger partial charge in [-0.25, -0.2) is 9.67 Å². The number of para-hydroxylation sites is 1.